The van der Waals surface area contributed by atoms with Gasteiger partial charge in [0.2, 0.25) is 5.76 Å². The van der Waals surface area contributed by atoms with Gasteiger partial charge in [-0.15, -0.1) is 0 Å². The fourth-order valence-electron chi connectivity index (χ4n) is 1.30. The van der Waals surface area contributed by atoms with Gasteiger partial charge in [0.25, 0.3) is 0 Å². The van der Waals surface area contributed by atoms with Gasteiger partial charge < -0.3 is 14.3 Å². The molecule has 0 saturated heterocycles. The zero-order chi connectivity index (χ0) is 13.1. The highest BCUT2D eigenvalue weighted by Crippen LogP contribution is 2.23. The summed E-state index contributed by atoms with van der Waals surface area (Å²) in [6.45, 7) is 0. The molecule has 0 aliphatic carbocycles. The summed E-state index contributed by atoms with van der Waals surface area (Å²) >= 11 is 5.67. The Morgan fingerprint density at radius 1 is 1.28 bits per heavy atom. The van der Waals surface area contributed by atoms with E-state index in [2.05, 4.69) is 0 Å². The molecule has 0 spiro atoms. The van der Waals surface area contributed by atoms with Gasteiger partial charge in [-0.1, -0.05) is 11.6 Å². The molecule has 0 aliphatic heterocycles. The maximum Gasteiger partial charge on any atom is 0.379 e. The van der Waals surface area contributed by atoms with Crippen molar-refractivity contribution < 1.29 is 23.8 Å². The zero-order valence-electron chi connectivity index (χ0n) is 8.92. The summed E-state index contributed by atoms with van der Waals surface area (Å²) in [5.41, 5.74) is -0.192. The van der Waals surface area contributed by atoms with E-state index < -0.39 is 11.9 Å². The Morgan fingerprint density at radius 3 is 2.67 bits per heavy atom. The van der Waals surface area contributed by atoms with E-state index in [1.165, 1.54) is 36.6 Å². The van der Waals surface area contributed by atoms with Gasteiger partial charge in [-0.25, -0.2) is 9.59 Å². The number of furan rings is 1. The van der Waals surface area contributed by atoms with Crippen LogP contribution >= 0.6 is 11.6 Å². The maximum absolute atomic E-state index is 11.6. The molecule has 1 heterocycles. The molecule has 2 aromatic rings. The molecule has 5 nitrogen and oxygen atoms in total. The molecule has 0 atom stereocenters. The van der Waals surface area contributed by atoms with Crippen molar-refractivity contribution in [2.75, 3.05) is 0 Å². The number of carbonyl (C=O) groups is 2. The predicted molar refractivity (Wildman–Crippen MR) is 62.1 cm³/mol. The third-order valence-corrected chi connectivity index (χ3v) is 2.33. The molecule has 1 aromatic heterocycles. The van der Waals surface area contributed by atoms with Crippen molar-refractivity contribution in [3.05, 3.63) is 52.9 Å². The summed E-state index contributed by atoms with van der Waals surface area (Å²) in [6, 6.07) is 6.88. The van der Waals surface area contributed by atoms with Crippen molar-refractivity contribution in [1.82, 2.24) is 0 Å². The van der Waals surface area contributed by atoms with Gasteiger partial charge in [-0.3, -0.25) is 0 Å². The van der Waals surface area contributed by atoms with Crippen LogP contribution in [0.2, 0.25) is 5.02 Å². The van der Waals surface area contributed by atoms with Crippen molar-refractivity contribution in [2.45, 2.75) is 0 Å². The lowest BCUT2D eigenvalue weighted by molar-refractivity contribution is 0.0670. The van der Waals surface area contributed by atoms with Crippen LogP contribution in [0.4, 0.5) is 0 Å². The Bertz CT molecular complexity index is 589. The summed E-state index contributed by atoms with van der Waals surface area (Å²) in [5.74, 6) is -2.11. The Balaban J connectivity index is 2.29. The number of carbonyl (C=O) groups excluding carboxylic acids is 1. The normalized spacial score (nSPS) is 10.1. The van der Waals surface area contributed by atoms with E-state index in [0.717, 1.165) is 0 Å². The average Bonchev–Trinajstić information content (AvgIpc) is 2.84. The molecule has 0 unspecified atom stereocenters. The lowest BCUT2D eigenvalue weighted by atomic mass is 10.2. The topological polar surface area (TPSA) is 76.7 Å². The fraction of sp³-hybridized carbons (Fsp3) is 0. The van der Waals surface area contributed by atoms with Gasteiger partial charge >= 0.3 is 11.9 Å². The summed E-state index contributed by atoms with van der Waals surface area (Å²) in [5, 5.41) is 9.20. The Hall–Kier alpha value is -2.27. The molecule has 0 aliphatic rings. The van der Waals surface area contributed by atoms with Crippen LogP contribution in [0.3, 0.4) is 0 Å². The van der Waals surface area contributed by atoms with Crippen molar-refractivity contribution in [3.63, 3.8) is 0 Å². The van der Waals surface area contributed by atoms with E-state index in [-0.39, 0.29) is 22.1 Å². The quantitative estimate of drug-likeness (QED) is 0.683. The smallest absolute Gasteiger partial charge is 0.379 e. The minimum atomic E-state index is -1.24. The van der Waals surface area contributed by atoms with Gasteiger partial charge in [0.15, 0.2) is 0 Å². The highest BCUT2D eigenvalue weighted by Gasteiger charge is 2.17. The fourth-order valence-corrected chi connectivity index (χ4v) is 1.48. The van der Waals surface area contributed by atoms with Gasteiger partial charge in [0, 0.05) is 5.02 Å². The Kier molecular flexibility index (Phi) is 3.34. The van der Waals surface area contributed by atoms with E-state index in [4.69, 9.17) is 25.9 Å². The lowest BCUT2D eigenvalue weighted by Crippen LogP contribution is -2.10. The molecule has 0 fully saturated rings. The first kappa shape index (κ1) is 12.2. The first-order chi connectivity index (χ1) is 8.58. The van der Waals surface area contributed by atoms with Crippen LogP contribution in [0.1, 0.15) is 20.9 Å². The maximum atomic E-state index is 11.6. The number of esters is 1. The monoisotopic (exact) mass is 266 g/mol. The molecule has 0 radical (unpaired) electrons. The molecule has 6 heteroatoms. The predicted octanol–water partition coefficient (Wildman–Crippen LogP) is 2.85. The molecule has 2 rings (SSSR count). The third-order valence-electron chi connectivity index (χ3n) is 2.10. The van der Waals surface area contributed by atoms with Crippen LogP contribution in [-0.2, 0) is 0 Å². The number of benzene rings is 1. The number of ether oxygens (including phenoxy) is 1. The Morgan fingerprint density at radius 2 is 2.06 bits per heavy atom. The second-order valence-electron chi connectivity index (χ2n) is 3.31. The molecular weight excluding hydrogens is 260 g/mol. The zero-order valence-corrected chi connectivity index (χ0v) is 9.68. The number of rotatable bonds is 3. The largest absolute Gasteiger partial charge is 0.478 e. The van der Waals surface area contributed by atoms with Crippen LogP contribution in [-0.4, -0.2) is 17.0 Å². The molecule has 0 bridgehead atoms. The third kappa shape index (κ3) is 2.52. The van der Waals surface area contributed by atoms with E-state index >= 15 is 0 Å². The summed E-state index contributed by atoms with van der Waals surface area (Å²) in [6.07, 6.45) is 1.32. The van der Waals surface area contributed by atoms with Crippen molar-refractivity contribution in [2.24, 2.45) is 0 Å². The first-order valence-electron chi connectivity index (χ1n) is 4.86. The van der Waals surface area contributed by atoms with Crippen molar-refractivity contribution in [1.29, 1.82) is 0 Å². The number of hydrogen-bond donors (Lipinski definition) is 1. The van der Waals surface area contributed by atoms with Crippen LogP contribution in [0.25, 0.3) is 0 Å². The number of aromatic carboxylic acids is 1. The van der Waals surface area contributed by atoms with E-state index in [1.807, 2.05) is 0 Å². The van der Waals surface area contributed by atoms with E-state index in [9.17, 15) is 9.59 Å². The SMILES string of the molecule is O=C(Oc1ccc(Cl)cc1C(=O)O)c1ccco1. The van der Waals surface area contributed by atoms with Crippen LogP contribution < -0.4 is 4.74 Å². The van der Waals surface area contributed by atoms with E-state index in [1.54, 1.807) is 0 Å². The highest BCUT2D eigenvalue weighted by atomic mass is 35.5. The first-order valence-corrected chi connectivity index (χ1v) is 5.24. The summed E-state index contributed by atoms with van der Waals surface area (Å²) < 4.78 is 9.78. The number of carboxylic acids is 1. The van der Waals surface area contributed by atoms with Crippen LogP contribution in [0.15, 0.2) is 41.0 Å². The molecule has 1 aromatic carbocycles. The van der Waals surface area contributed by atoms with Crippen molar-refractivity contribution in [3.8, 4) is 5.75 Å². The summed E-state index contributed by atoms with van der Waals surface area (Å²) in [7, 11) is 0. The van der Waals surface area contributed by atoms with Crippen molar-refractivity contribution >= 4 is 23.5 Å². The number of carboxylic acid groups (broad SMARTS) is 1. The van der Waals surface area contributed by atoms with Crippen LogP contribution in [0, 0.1) is 0 Å². The molecule has 18 heavy (non-hydrogen) atoms. The minimum absolute atomic E-state index is 0.0127. The van der Waals surface area contributed by atoms with Gasteiger partial charge in [0.1, 0.15) is 11.3 Å². The lowest BCUT2D eigenvalue weighted by Gasteiger charge is -2.06. The molecule has 0 saturated carbocycles. The summed E-state index contributed by atoms with van der Waals surface area (Å²) in [4.78, 5) is 22.6. The van der Waals surface area contributed by atoms with Gasteiger partial charge in [0.05, 0.1) is 6.26 Å². The number of halogens is 1. The number of hydrogen-bond acceptors (Lipinski definition) is 4. The molecular formula is C12H7ClO5. The van der Waals surface area contributed by atoms with Gasteiger partial charge in [-0.2, -0.15) is 0 Å². The minimum Gasteiger partial charge on any atom is -0.478 e. The average molecular weight is 267 g/mol. The highest BCUT2D eigenvalue weighted by molar-refractivity contribution is 6.31. The second-order valence-corrected chi connectivity index (χ2v) is 3.75. The van der Waals surface area contributed by atoms with Crippen LogP contribution in [0.5, 0.6) is 5.75 Å². The second kappa shape index (κ2) is 4.93. The Labute approximate surface area is 107 Å². The molecule has 1 N–H and O–H groups in total. The van der Waals surface area contributed by atoms with E-state index in [0.29, 0.717) is 0 Å². The molecule has 92 valence electrons. The standard InChI is InChI=1S/C12H7ClO5/c13-7-3-4-9(8(6-7)11(14)15)18-12(16)10-2-1-5-17-10/h1-6H,(H,14,15). The molecule has 0 amide bonds. The van der Waals surface area contributed by atoms with Gasteiger partial charge in [-0.05, 0) is 30.3 Å².